The molecule has 0 aliphatic heterocycles. The normalized spacial score (nSPS) is 15.6. The van der Waals surface area contributed by atoms with Crippen molar-refractivity contribution in [2.75, 3.05) is 6.61 Å². The fraction of sp³-hybridized carbons (Fsp3) is 0.742. The van der Waals surface area contributed by atoms with Crippen LogP contribution in [-0.4, -0.2) is 29.3 Å². The van der Waals surface area contributed by atoms with E-state index in [0.29, 0.717) is 6.10 Å². The Balaban J connectivity index is 4.08. The Morgan fingerprint density at radius 2 is 1.00 bits per heavy atom. The van der Waals surface area contributed by atoms with E-state index in [0.717, 1.165) is 51.6 Å². The zero-order valence-electron chi connectivity index (χ0n) is 25.5. The molecule has 0 N–H and O–H groups in total. The Kier molecular flexibility index (Phi) is 18.2. The predicted molar refractivity (Wildman–Crippen MR) is 164 cm³/mol. The molecule has 1 atom stereocenters. The monoisotopic (exact) mass is 520 g/mol. The molecule has 0 fully saturated rings. The van der Waals surface area contributed by atoms with Crippen LogP contribution in [0.5, 0.6) is 0 Å². The second-order valence-electron chi connectivity index (χ2n) is 12.5. The summed E-state index contributed by atoms with van der Waals surface area (Å²) in [6.45, 7) is 25.8. The van der Waals surface area contributed by atoms with Gasteiger partial charge in [0.1, 0.15) is 0 Å². The molecular formula is C31H60O2Si2. The first-order chi connectivity index (χ1) is 16.2. The van der Waals surface area contributed by atoms with E-state index in [4.69, 9.17) is 8.85 Å². The molecule has 0 aliphatic rings. The minimum Gasteiger partial charge on any atom is -0.418 e. The lowest BCUT2D eigenvalue weighted by molar-refractivity contribution is 0.205. The van der Waals surface area contributed by atoms with Gasteiger partial charge >= 0.3 is 0 Å². The Labute approximate surface area is 222 Å². The van der Waals surface area contributed by atoms with Gasteiger partial charge in [-0.1, -0.05) is 46.6 Å². The molecule has 0 amide bonds. The summed E-state index contributed by atoms with van der Waals surface area (Å²) in [7, 11) is -2.76. The van der Waals surface area contributed by atoms with Crippen LogP contribution in [0.25, 0.3) is 0 Å². The number of allylic oxidation sites excluding steroid dienone is 8. The fourth-order valence-corrected chi connectivity index (χ4v) is 6.08. The Morgan fingerprint density at radius 3 is 1.40 bits per heavy atom. The van der Waals surface area contributed by atoms with Crippen LogP contribution in [0.1, 0.15) is 98.8 Å². The van der Waals surface area contributed by atoms with Crippen LogP contribution in [-0.2, 0) is 8.85 Å². The molecule has 0 heterocycles. The van der Waals surface area contributed by atoms with Crippen LogP contribution in [0, 0.1) is 0 Å². The zero-order chi connectivity index (χ0) is 26.9. The molecule has 4 heteroatoms. The van der Waals surface area contributed by atoms with Crippen molar-refractivity contribution < 1.29 is 8.85 Å². The molecule has 0 saturated heterocycles. The van der Waals surface area contributed by atoms with Crippen molar-refractivity contribution in [3.05, 3.63) is 46.6 Å². The lowest BCUT2D eigenvalue weighted by Gasteiger charge is -2.23. The van der Waals surface area contributed by atoms with Gasteiger partial charge in [-0.15, -0.1) is 0 Å². The third kappa shape index (κ3) is 24.8. The third-order valence-electron chi connectivity index (χ3n) is 5.97. The van der Waals surface area contributed by atoms with E-state index >= 15 is 0 Å². The first-order valence-electron chi connectivity index (χ1n) is 14.1. The Morgan fingerprint density at radius 1 is 0.600 bits per heavy atom. The molecule has 0 aromatic heterocycles. The van der Waals surface area contributed by atoms with Crippen LogP contribution in [0.15, 0.2) is 46.6 Å². The maximum atomic E-state index is 6.14. The van der Waals surface area contributed by atoms with Gasteiger partial charge in [0.05, 0.1) is 0 Å². The minimum atomic E-state index is -1.41. The van der Waals surface area contributed by atoms with Crippen LogP contribution < -0.4 is 0 Å². The van der Waals surface area contributed by atoms with Gasteiger partial charge in [0.2, 0.25) is 0 Å². The van der Waals surface area contributed by atoms with Gasteiger partial charge in [0, 0.05) is 12.7 Å². The SMILES string of the molecule is C/C(=C/CC/C(C)=C\CCC(C)O[Si](C)(C)C)CC/C=C(/C)CC/C=C(/C)CCCO[Si](C)(C)C. The highest BCUT2D eigenvalue weighted by Gasteiger charge is 2.17. The molecule has 0 spiro atoms. The summed E-state index contributed by atoms with van der Waals surface area (Å²) in [4.78, 5) is 0. The van der Waals surface area contributed by atoms with Crippen LogP contribution in [0.2, 0.25) is 39.3 Å². The van der Waals surface area contributed by atoms with Crippen LogP contribution in [0.3, 0.4) is 0 Å². The molecule has 0 aromatic carbocycles. The standard InChI is InChI=1S/C31H60O2Si2/c1-27(19-13-21-29(3)23-15-25-31(5)33-35(9,10)11)17-12-18-28(2)20-14-22-30(4)24-16-26-32-34(6,7)8/h18-19,22-23,31H,12-17,20-21,24-26H2,1-11H3/b27-19-,28-18-,29-23-,30-22-. The molecule has 0 saturated carbocycles. The molecule has 0 rings (SSSR count). The highest BCUT2D eigenvalue weighted by Crippen LogP contribution is 2.16. The van der Waals surface area contributed by atoms with Crippen molar-refractivity contribution in [2.24, 2.45) is 0 Å². The van der Waals surface area contributed by atoms with E-state index in [-0.39, 0.29) is 0 Å². The maximum Gasteiger partial charge on any atom is 0.184 e. The van der Waals surface area contributed by atoms with Crippen molar-refractivity contribution in [2.45, 2.75) is 144 Å². The third-order valence-corrected chi connectivity index (χ3v) is 8.15. The van der Waals surface area contributed by atoms with Gasteiger partial charge in [-0.25, -0.2) is 0 Å². The van der Waals surface area contributed by atoms with E-state index in [1.54, 1.807) is 0 Å². The Hall–Kier alpha value is -0.686. The first-order valence-corrected chi connectivity index (χ1v) is 20.9. The van der Waals surface area contributed by atoms with Gasteiger partial charge < -0.3 is 8.85 Å². The van der Waals surface area contributed by atoms with Crippen LogP contribution in [0.4, 0.5) is 0 Å². The summed E-state index contributed by atoms with van der Waals surface area (Å²) in [6.07, 6.45) is 21.7. The number of hydrogen-bond donors (Lipinski definition) is 0. The van der Waals surface area contributed by atoms with Crippen molar-refractivity contribution >= 4 is 16.6 Å². The largest absolute Gasteiger partial charge is 0.418 e. The van der Waals surface area contributed by atoms with Gasteiger partial charge in [-0.05, 0) is 138 Å². The molecule has 35 heavy (non-hydrogen) atoms. The summed E-state index contributed by atoms with van der Waals surface area (Å²) in [6, 6.07) is 0. The molecule has 0 aromatic rings. The predicted octanol–water partition coefficient (Wildman–Crippen LogP) is 10.8. The van der Waals surface area contributed by atoms with E-state index in [1.807, 2.05) is 0 Å². The van der Waals surface area contributed by atoms with Crippen molar-refractivity contribution in [3.8, 4) is 0 Å². The highest BCUT2D eigenvalue weighted by atomic mass is 28.4. The van der Waals surface area contributed by atoms with Crippen LogP contribution >= 0.6 is 0 Å². The lowest BCUT2D eigenvalue weighted by Crippen LogP contribution is -2.30. The van der Waals surface area contributed by atoms with Gasteiger partial charge in [0.15, 0.2) is 16.6 Å². The van der Waals surface area contributed by atoms with Gasteiger partial charge in [-0.3, -0.25) is 0 Å². The van der Waals surface area contributed by atoms with E-state index in [9.17, 15) is 0 Å². The van der Waals surface area contributed by atoms with E-state index < -0.39 is 16.6 Å². The minimum absolute atomic E-state index is 0.379. The molecule has 0 bridgehead atoms. The second kappa shape index (κ2) is 18.5. The summed E-state index contributed by atoms with van der Waals surface area (Å²) < 4.78 is 12.1. The van der Waals surface area contributed by atoms with E-state index in [1.165, 1.54) is 41.6 Å². The molecule has 0 aliphatic carbocycles. The fourth-order valence-electron chi connectivity index (χ4n) is 4.00. The van der Waals surface area contributed by atoms with E-state index in [2.05, 4.69) is 98.2 Å². The van der Waals surface area contributed by atoms with Crippen molar-refractivity contribution in [1.82, 2.24) is 0 Å². The Bertz CT molecular complexity index is 688. The summed E-state index contributed by atoms with van der Waals surface area (Å²) >= 11 is 0. The summed E-state index contributed by atoms with van der Waals surface area (Å²) in [5, 5.41) is 0. The average Bonchev–Trinajstić information content (AvgIpc) is 2.69. The smallest absolute Gasteiger partial charge is 0.184 e. The zero-order valence-corrected chi connectivity index (χ0v) is 27.5. The quantitative estimate of drug-likeness (QED) is 0.0957. The average molecular weight is 521 g/mol. The maximum absolute atomic E-state index is 6.14. The second-order valence-corrected chi connectivity index (χ2v) is 21.5. The van der Waals surface area contributed by atoms with Gasteiger partial charge in [-0.2, -0.15) is 0 Å². The summed E-state index contributed by atoms with van der Waals surface area (Å²) in [5.41, 5.74) is 6.07. The lowest BCUT2D eigenvalue weighted by atomic mass is 10.0. The van der Waals surface area contributed by atoms with Crippen molar-refractivity contribution in [1.29, 1.82) is 0 Å². The topological polar surface area (TPSA) is 18.5 Å². The molecule has 2 nitrogen and oxygen atoms in total. The van der Waals surface area contributed by atoms with Crippen molar-refractivity contribution in [3.63, 3.8) is 0 Å². The molecule has 0 radical (unpaired) electrons. The first kappa shape index (κ1) is 34.3. The molecule has 1 unspecified atom stereocenters. The summed E-state index contributed by atoms with van der Waals surface area (Å²) in [5.74, 6) is 0. The number of hydrogen-bond acceptors (Lipinski definition) is 2. The highest BCUT2D eigenvalue weighted by molar-refractivity contribution is 6.70. The molecule has 204 valence electrons. The van der Waals surface area contributed by atoms with Gasteiger partial charge in [0.25, 0.3) is 0 Å². The molecular weight excluding hydrogens is 461 g/mol. The number of rotatable bonds is 19.